The number of nitrogens with zero attached hydrogens (tertiary/aromatic N) is 5. The van der Waals surface area contributed by atoms with Crippen molar-refractivity contribution in [2.45, 2.75) is 26.6 Å². The molecule has 0 aliphatic carbocycles. The molecule has 0 bridgehead atoms. The molecule has 6 rings (SSSR count). The molecule has 0 saturated carbocycles. The Kier molecular flexibility index (Phi) is 4.74. The SMILES string of the molecule is CNC(=O)c1ccc(-c2nc3c(o2)CN(Cc2ccc4c([nH]c(=O)c5c(C)cnn54)c2F)C3)cn1. The molecule has 0 fully saturated rings. The van der Waals surface area contributed by atoms with Crippen LogP contribution in [0.1, 0.15) is 33.1 Å². The Morgan fingerprint density at radius 2 is 2.09 bits per heavy atom. The first-order chi connectivity index (χ1) is 16.9. The number of oxazole rings is 1. The van der Waals surface area contributed by atoms with Gasteiger partial charge in [-0.05, 0) is 25.1 Å². The molecule has 0 unspecified atom stereocenters. The van der Waals surface area contributed by atoms with E-state index in [-0.39, 0.29) is 17.0 Å². The van der Waals surface area contributed by atoms with Gasteiger partial charge in [-0.1, -0.05) is 6.07 Å². The summed E-state index contributed by atoms with van der Waals surface area (Å²) in [5.74, 6) is 0.391. The molecular formula is C24H20FN7O3. The average molecular weight is 473 g/mol. The lowest BCUT2D eigenvalue weighted by Crippen LogP contribution is -2.19. The van der Waals surface area contributed by atoms with E-state index in [1.54, 1.807) is 50.6 Å². The Bertz CT molecular complexity index is 1660. The van der Waals surface area contributed by atoms with Gasteiger partial charge in [0.2, 0.25) is 5.89 Å². The summed E-state index contributed by atoms with van der Waals surface area (Å²) in [5.41, 5.74) is 3.61. The minimum atomic E-state index is -0.478. The van der Waals surface area contributed by atoms with Crippen LogP contribution in [0.15, 0.2) is 45.9 Å². The summed E-state index contributed by atoms with van der Waals surface area (Å²) >= 11 is 0. The zero-order chi connectivity index (χ0) is 24.3. The fraction of sp³-hybridized carbons (Fsp3) is 0.208. The number of carbonyl (C=O) groups excluding carboxylic acids is 1. The highest BCUT2D eigenvalue weighted by molar-refractivity contribution is 5.92. The van der Waals surface area contributed by atoms with Gasteiger partial charge in [0.25, 0.3) is 11.5 Å². The first-order valence-corrected chi connectivity index (χ1v) is 11.0. The Balaban J connectivity index is 1.23. The number of halogens is 1. The van der Waals surface area contributed by atoms with Gasteiger partial charge in [0, 0.05) is 37.5 Å². The lowest BCUT2D eigenvalue weighted by Gasteiger charge is -2.16. The summed E-state index contributed by atoms with van der Waals surface area (Å²) in [4.78, 5) is 37.5. The minimum absolute atomic E-state index is 0.132. The number of benzene rings is 1. The predicted octanol–water partition coefficient (Wildman–Crippen LogP) is 2.55. The van der Waals surface area contributed by atoms with Crippen LogP contribution in [-0.2, 0) is 19.6 Å². The van der Waals surface area contributed by atoms with Crippen LogP contribution in [0.5, 0.6) is 0 Å². The van der Waals surface area contributed by atoms with Crippen molar-refractivity contribution in [2.75, 3.05) is 7.05 Å². The third-order valence-electron chi connectivity index (χ3n) is 6.22. The van der Waals surface area contributed by atoms with Crippen molar-refractivity contribution in [1.29, 1.82) is 0 Å². The van der Waals surface area contributed by atoms with Crippen LogP contribution >= 0.6 is 0 Å². The molecule has 0 radical (unpaired) electrons. The van der Waals surface area contributed by atoms with E-state index in [9.17, 15) is 9.59 Å². The monoisotopic (exact) mass is 473 g/mol. The van der Waals surface area contributed by atoms with Crippen LogP contribution in [-0.4, -0.2) is 42.4 Å². The van der Waals surface area contributed by atoms with Crippen LogP contribution in [0.3, 0.4) is 0 Å². The summed E-state index contributed by atoms with van der Waals surface area (Å²) in [6, 6.07) is 6.83. The molecule has 0 atom stereocenters. The molecule has 0 saturated heterocycles. The first-order valence-electron chi connectivity index (χ1n) is 11.0. The Morgan fingerprint density at radius 3 is 2.83 bits per heavy atom. The molecule has 1 aromatic carbocycles. The van der Waals surface area contributed by atoms with Gasteiger partial charge in [-0.2, -0.15) is 5.10 Å². The topological polar surface area (TPSA) is 121 Å². The summed E-state index contributed by atoms with van der Waals surface area (Å²) in [5, 5.41) is 6.75. The van der Waals surface area contributed by atoms with Crippen molar-refractivity contribution >= 4 is 22.5 Å². The molecule has 2 N–H and O–H groups in total. The predicted molar refractivity (Wildman–Crippen MR) is 124 cm³/mol. The van der Waals surface area contributed by atoms with Crippen LogP contribution < -0.4 is 10.9 Å². The van der Waals surface area contributed by atoms with E-state index >= 15 is 4.39 Å². The molecule has 1 aliphatic rings. The summed E-state index contributed by atoms with van der Waals surface area (Å²) in [6.45, 7) is 3.08. The van der Waals surface area contributed by atoms with Crippen LogP contribution in [0.4, 0.5) is 4.39 Å². The maximum atomic E-state index is 15.4. The normalized spacial score (nSPS) is 13.6. The largest absolute Gasteiger partial charge is 0.439 e. The molecule has 0 spiro atoms. The molecular weight excluding hydrogens is 453 g/mol. The summed E-state index contributed by atoms with van der Waals surface area (Å²) in [6.07, 6.45) is 3.14. The van der Waals surface area contributed by atoms with Crippen molar-refractivity contribution < 1.29 is 13.6 Å². The van der Waals surface area contributed by atoms with E-state index < -0.39 is 5.82 Å². The van der Waals surface area contributed by atoms with E-state index in [4.69, 9.17) is 4.42 Å². The van der Waals surface area contributed by atoms with Crippen LogP contribution in [0.25, 0.3) is 28.0 Å². The quantitative estimate of drug-likeness (QED) is 0.411. The van der Waals surface area contributed by atoms with E-state index in [0.29, 0.717) is 59.1 Å². The first kappa shape index (κ1) is 21.2. The van der Waals surface area contributed by atoms with Gasteiger partial charge in [-0.3, -0.25) is 19.5 Å². The second-order valence-corrected chi connectivity index (χ2v) is 8.52. The number of aromatic amines is 1. The van der Waals surface area contributed by atoms with Crippen LogP contribution in [0.2, 0.25) is 0 Å². The van der Waals surface area contributed by atoms with Crippen molar-refractivity contribution in [3.63, 3.8) is 0 Å². The highest BCUT2D eigenvalue weighted by Crippen LogP contribution is 2.30. The summed E-state index contributed by atoms with van der Waals surface area (Å²) in [7, 11) is 1.55. The zero-order valence-electron chi connectivity index (χ0n) is 18.9. The number of fused-ring (bicyclic) bond motifs is 4. The molecule has 10 nitrogen and oxygen atoms in total. The summed E-state index contributed by atoms with van der Waals surface area (Å²) < 4.78 is 22.8. The molecule has 1 amide bonds. The van der Waals surface area contributed by atoms with Crippen molar-refractivity contribution in [3.8, 4) is 11.5 Å². The second-order valence-electron chi connectivity index (χ2n) is 8.52. The minimum Gasteiger partial charge on any atom is -0.439 e. The maximum Gasteiger partial charge on any atom is 0.274 e. The molecule has 5 heterocycles. The van der Waals surface area contributed by atoms with Gasteiger partial charge in [-0.15, -0.1) is 0 Å². The van der Waals surface area contributed by atoms with E-state index in [0.717, 1.165) is 11.3 Å². The van der Waals surface area contributed by atoms with E-state index in [1.165, 1.54) is 4.52 Å². The smallest absolute Gasteiger partial charge is 0.274 e. The number of rotatable bonds is 4. The van der Waals surface area contributed by atoms with Gasteiger partial charge in [0.05, 0.1) is 29.5 Å². The lowest BCUT2D eigenvalue weighted by molar-refractivity contribution is 0.0958. The van der Waals surface area contributed by atoms with Gasteiger partial charge in [-0.25, -0.2) is 13.9 Å². The number of aryl methyl sites for hydroxylation is 1. The third kappa shape index (κ3) is 3.39. The fourth-order valence-electron chi connectivity index (χ4n) is 4.45. The van der Waals surface area contributed by atoms with Gasteiger partial charge in [0.15, 0.2) is 5.82 Å². The number of hydrogen-bond acceptors (Lipinski definition) is 7. The van der Waals surface area contributed by atoms with Gasteiger partial charge in [0.1, 0.15) is 22.5 Å². The number of amides is 1. The Morgan fingerprint density at radius 1 is 1.23 bits per heavy atom. The maximum absolute atomic E-state index is 15.4. The Labute approximate surface area is 197 Å². The molecule has 4 aromatic heterocycles. The average Bonchev–Trinajstić information content (AvgIpc) is 3.54. The molecule has 1 aliphatic heterocycles. The molecule has 35 heavy (non-hydrogen) atoms. The van der Waals surface area contributed by atoms with Crippen molar-refractivity contribution in [3.05, 3.63) is 81.1 Å². The van der Waals surface area contributed by atoms with Crippen LogP contribution in [0, 0.1) is 12.7 Å². The van der Waals surface area contributed by atoms with Gasteiger partial charge < -0.3 is 14.7 Å². The standard InChI is InChI=1S/C24H20FN7O3/c1-12-7-28-32-17-6-4-14(19(25)20(17)30-23(34)21(12)32)9-31-10-16-18(11-31)35-24(29-16)13-3-5-15(27-8-13)22(33)26-2/h3-8H,9-11H2,1-2H3,(H,26,33)(H,30,34). The molecule has 176 valence electrons. The number of hydrogen-bond donors (Lipinski definition) is 2. The highest BCUT2D eigenvalue weighted by Gasteiger charge is 2.27. The van der Waals surface area contributed by atoms with Gasteiger partial charge >= 0.3 is 0 Å². The number of carbonyl (C=O) groups is 1. The third-order valence-corrected chi connectivity index (χ3v) is 6.22. The number of H-pyrrole nitrogens is 1. The van der Waals surface area contributed by atoms with E-state index in [1.807, 2.05) is 4.90 Å². The Hall–Kier alpha value is -4.38. The zero-order valence-corrected chi connectivity index (χ0v) is 18.9. The van der Waals surface area contributed by atoms with Crippen molar-refractivity contribution in [1.82, 2.24) is 34.8 Å². The van der Waals surface area contributed by atoms with Crippen molar-refractivity contribution in [2.24, 2.45) is 0 Å². The second kappa shape index (κ2) is 7.84. The number of pyridine rings is 1. The molecule has 5 aromatic rings. The lowest BCUT2D eigenvalue weighted by atomic mass is 10.1. The number of aromatic nitrogens is 5. The fourth-order valence-corrected chi connectivity index (χ4v) is 4.45. The molecule has 11 heteroatoms. The number of nitrogens with one attached hydrogen (secondary N) is 2. The highest BCUT2D eigenvalue weighted by atomic mass is 19.1. The van der Waals surface area contributed by atoms with E-state index in [2.05, 4.69) is 25.4 Å².